The molecule has 1 atom stereocenters. The first-order valence-electron chi connectivity index (χ1n) is 9.10. The van der Waals surface area contributed by atoms with Crippen LogP contribution in [0, 0.1) is 23.3 Å². The molecule has 33 heavy (non-hydrogen) atoms. The second kappa shape index (κ2) is 10.1. The summed E-state index contributed by atoms with van der Waals surface area (Å²) in [6, 6.07) is 4.18. The molecule has 172 valence electrons. The summed E-state index contributed by atoms with van der Waals surface area (Å²) in [7, 11) is 0. The quantitative estimate of drug-likeness (QED) is 0.301. The maximum atomic E-state index is 13.9. The summed E-state index contributed by atoms with van der Waals surface area (Å²) in [5, 5.41) is 14.0. The van der Waals surface area contributed by atoms with Gasteiger partial charge in [0.05, 0.1) is 15.6 Å². The number of carboxylic acid groups (broad SMARTS) is 1. The van der Waals surface area contributed by atoms with Gasteiger partial charge in [-0.2, -0.15) is 0 Å². The number of aromatic nitrogens is 1. The van der Waals surface area contributed by atoms with Gasteiger partial charge in [-0.25, -0.2) is 22.4 Å². The van der Waals surface area contributed by atoms with Crippen molar-refractivity contribution in [3.05, 3.63) is 87.2 Å². The number of carbonyl (C=O) groups excluding carboxylic acids is 1. The van der Waals surface area contributed by atoms with E-state index in [9.17, 15) is 32.3 Å². The Hall–Kier alpha value is -3.37. The van der Waals surface area contributed by atoms with Crippen LogP contribution in [0.4, 0.5) is 28.9 Å². The molecule has 0 aliphatic heterocycles. The van der Waals surface area contributed by atoms with E-state index in [1.54, 1.807) is 0 Å². The highest BCUT2D eigenvalue weighted by atomic mass is 35.5. The predicted octanol–water partition coefficient (Wildman–Crippen LogP) is 5.30. The maximum Gasteiger partial charge on any atom is 0.326 e. The zero-order chi connectivity index (χ0) is 24.3. The number of carbonyl (C=O) groups is 2. The number of pyridine rings is 1. The molecule has 0 bridgehead atoms. The Morgan fingerprint density at radius 1 is 0.970 bits per heavy atom. The molecule has 12 heteroatoms. The Balaban J connectivity index is 1.75. The lowest BCUT2D eigenvalue weighted by Gasteiger charge is -2.17. The van der Waals surface area contributed by atoms with Gasteiger partial charge in [0.25, 0.3) is 5.91 Å². The number of nitrogens with zero attached hydrogens (tertiary/aromatic N) is 1. The van der Waals surface area contributed by atoms with Gasteiger partial charge in [0, 0.05) is 30.6 Å². The zero-order valence-corrected chi connectivity index (χ0v) is 17.8. The minimum Gasteiger partial charge on any atom is -0.480 e. The Bertz CT molecular complexity index is 1180. The lowest BCUT2D eigenvalue weighted by Crippen LogP contribution is -2.32. The van der Waals surface area contributed by atoms with Crippen LogP contribution in [0.1, 0.15) is 15.9 Å². The Morgan fingerprint density at radius 3 is 2.03 bits per heavy atom. The zero-order valence-electron chi connectivity index (χ0n) is 16.3. The Labute approximate surface area is 194 Å². The number of hydrogen-bond donors (Lipinski definition) is 3. The molecule has 0 fully saturated rings. The molecule has 0 saturated heterocycles. The van der Waals surface area contributed by atoms with Gasteiger partial charge >= 0.3 is 5.97 Å². The smallest absolute Gasteiger partial charge is 0.326 e. The van der Waals surface area contributed by atoms with Gasteiger partial charge in [-0.15, -0.1) is 0 Å². The van der Waals surface area contributed by atoms with Gasteiger partial charge in [0.2, 0.25) is 0 Å². The van der Waals surface area contributed by atoms with Crippen molar-refractivity contribution in [2.45, 2.75) is 12.5 Å². The highest BCUT2D eigenvalue weighted by Crippen LogP contribution is 2.26. The number of nitrogens with one attached hydrogen (secondary N) is 2. The predicted molar refractivity (Wildman–Crippen MR) is 114 cm³/mol. The van der Waals surface area contributed by atoms with Crippen LogP contribution in [0.15, 0.2) is 42.7 Å². The number of hydrogen-bond acceptors (Lipinski definition) is 4. The SMILES string of the molecule is O=C(Nc1ccc(CC(Nc2c(F)c(F)cc(F)c2F)C(=O)O)cc1)c1c(Cl)cncc1Cl. The largest absolute Gasteiger partial charge is 0.480 e. The molecule has 1 aromatic heterocycles. The molecule has 6 nitrogen and oxygen atoms in total. The number of amides is 1. The fourth-order valence-corrected chi connectivity index (χ4v) is 3.39. The van der Waals surface area contributed by atoms with Gasteiger partial charge in [-0.3, -0.25) is 9.78 Å². The van der Waals surface area contributed by atoms with E-state index in [4.69, 9.17) is 23.2 Å². The lowest BCUT2D eigenvalue weighted by molar-refractivity contribution is -0.137. The first-order valence-corrected chi connectivity index (χ1v) is 9.85. The average Bonchev–Trinajstić information content (AvgIpc) is 2.75. The molecule has 3 rings (SSSR count). The number of benzene rings is 2. The molecule has 2 aromatic carbocycles. The van der Waals surface area contributed by atoms with E-state index in [2.05, 4.69) is 10.3 Å². The third-order valence-electron chi connectivity index (χ3n) is 4.46. The van der Waals surface area contributed by atoms with Crippen LogP contribution in [0.3, 0.4) is 0 Å². The first-order chi connectivity index (χ1) is 15.6. The van der Waals surface area contributed by atoms with Crippen LogP contribution in [0.2, 0.25) is 10.0 Å². The molecule has 1 amide bonds. The minimum atomic E-state index is -1.74. The second-order valence-corrected chi connectivity index (χ2v) is 7.53. The number of anilines is 2. The summed E-state index contributed by atoms with van der Waals surface area (Å²) in [6.45, 7) is 0. The highest BCUT2D eigenvalue weighted by molar-refractivity contribution is 6.40. The van der Waals surface area contributed by atoms with Gasteiger partial charge in [-0.05, 0) is 17.7 Å². The molecule has 0 aliphatic carbocycles. The monoisotopic (exact) mass is 501 g/mol. The summed E-state index contributed by atoms with van der Waals surface area (Å²) in [5.74, 6) is -8.95. The topological polar surface area (TPSA) is 91.3 Å². The summed E-state index contributed by atoms with van der Waals surface area (Å²) in [4.78, 5) is 27.7. The van der Waals surface area contributed by atoms with Crippen LogP contribution in [0.25, 0.3) is 0 Å². The summed E-state index contributed by atoms with van der Waals surface area (Å²) < 4.78 is 54.5. The molecule has 3 N–H and O–H groups in total. The van der Waals surface area contributed by atoms with Crippen LogP contribution in [-0.2, 0) is 11.2 Å². The van der Waals surface area contributed by atoms with Crippen molar-refractivity contribution in [1.82, 2.24) is 4.98 Å². The standard InChI is InChI=1S/C21H13Cl2F4N3O3/c22-11-7-28-8-12(23)16(11)20(31)29-10-3-1-9(2-4-10)5-15(21(32)33)30-19-17(26)13(24)6-14(25)18(19)27/h1-4,6-8,15,30H,5H2,(H,29,31)(H,32,33). The highest BCUT2D eigenvalue weighted by Gasteiger charge is 2.25. The molecule has 1 heterocycles. The summed E-state index contributed by atoms with van der Waals surface area (Å²) >= 11 is 11.9. The Morgan fingerprint density at radius 2 is 1.52 bits per heavy atom. The van der Waals surface area contributed by atoms with E-state index in [-0.39, 0.29) is 28.1 Å². The molecule has 1 unspecified atom stereocenters. The lowest BCUT2D eigenvalue weighted by atomic mass is 10.0. The fraction of sp³-hybridized carbons (Fsp3) is 0.0952. The molecular weight excluding hydrogens is 489 g/mol. The number of carboxylic acids is 1. The molecule has 0 radical (unpaired) electrons. The van der Waals surface area contributed by atoms with Crippen molar-refractivity contribution in [2.75, 3.05) is 10.6 Å². The van der Waals surface area contributed by atoms with Crippen molar-refractivity contribution in [3.8, 4) is 0 Å². The van der Waals surface area contributed by atoms with E-state index in [0.717, 1.165) is 0 Å². The molecule has 0 aliphatic rings. The molecule has 3 aromatic rings. The van der Waals surface area contributed by atoms with Crippen molar-refractivity contribution in [3.63, 3.8) is 0 Å². The van der Waals surface area contributed by atoms with E-state index in [0.29, 0.717) is 11.3 Å². The van der Waals surface area contributed by atoms with Crippen molar-refractivity contribution >= 4 is 46.5 Å². The number of aliphatic carboxylic acids is 1. The number of halogens is 6. The third-order valence-corrected chi connectivity index (χ3v) is 5.03. The van der Waals surface area contributed by atoms with Crippen LogP contribution in [-0.4, -0.2) is 28.0 Å². The van der Waals surface area contributed by atoms with Gasteiger partial charge in [0.15, 0.2) is 23.3 Å². The maximum absolute atomic E-state index is 13.9. The van der Waals surface area contributed by atoms with Gasteiger partial charge < -0.3 is 15.7 Å². The van der Waals surface area contributed by atoms with Crippen molar-refractivity contribution < 1.29 is 32.3 Å². The second-order valence-electron chi connectivity index (χ2n) is 6.71. The van der Waals surface area contributed by atoms with Crippen LogP contribution in [0.5, 0.6) is 0 Å². The van der Waals surface area contributed by atoms with E-state index in [1.165, 1.54) is 36.7 Å². The van der Waals surface area contributed by atoms with Crippen molar-refractivity contribution in [1.29, 1.82) is 0 Å². The average molecular weight is 502 g/mol. The van der Waals surface area contributed by atoms with Crippen LogP contribution >= 0.6 is 23.2 Å². The normalized spacial score (nSPS) is 11.7. The Kier molecular flexibility index (Phi) is 7.39. The van der Waals surface area contributed by atoms with Crippen LogP contribution < -0.4 is 10.6 Å². The van der Waals surface area contributed by atoms with E-state index < -0.39 is 46.9 Å². The number of rotatable bonds is 7. The fourth-order valence-electron chi connectivity index (χ4n) is 2.86. The third kappa shape index (κ3) is 5.52. The van der Waals surface area contributed by atoms with Gasteiger partial charge in [-0.1, -0.05) is 35.3 Å². The van der Waals surface area contributed by atoms with Gasteiger partial charge in [0.1, 0.15) is 11.7 Å². The van der Waals surface area contributed by atoms with Crippen molar-refractivity contribution in [2.24, 2.45) is 0 Å². The molecule has 0 saturated carbocycles. The minimum absolute atomic E-state index is 0.0129. The molecular formula is C21H13Cl2F4N3O3. The molecule has 0 spiro atoms. The summed E-state index contributed by atoms with van der Waals surface area (Å²) in [6.07, 6.45) is 2.20. The van der Waals surface area contributed by atoms with E-state index in [1.807, 2.05) is 5.32 Å². The first kappa shape index (κ1) is 24.3. The summed E-state index contributed by atoms with van der Waals surface area (Å²) in [5.41, 5.74) is -0.517. The van der Waals surface area contributed by atoms with E-state index >= 15 is 0 Å².